The van der Waals surface area contributed by atoms with Crippen LogP contribution in [-0.2, 0) is 0 Å². The predicted octanol–water partition coefficient (Wildman–Crippen LogP) is 9.66. The molecule has 2 heteroatoms. The van der Waals surface area contributed by atoms with E-state index in [0.29, 0.717) is 0 Å². The zero-order valence-corrected chi connectivity index (χ0v) is 21.1. The number of nitrogens with zero attached hydrogens (tertiary/aromatic N) is 2. The van der Waals surface area contributed by atoms with E-state index in [2.05, 4.69) is 139 Å². The Morgan fingerprint density at radius 3 is 1.62 bits per heavy atom. The molecule has 1 aromatic heterocycles. The third-order valence-electron chi connectivity index (χ3n) is 6.83. The van der Waals surface area contributed by atoms with E-state index in [1.807, 2.05) is 18.3 Å². The standard InChI is InChI=1S/C35H28N2/c1-25-10-16-32(17-11-25)37(33-18-12-26(2)13-19-33)34-20-14-27(15-21-34)28-7-5-8-29(22-28)31-23-30-6-3-4-9-35(30)36-24-31/h3-24H,1-2H3. The fraction of sp³-hybridized carbons (Fsp3) is 0.0571. The quantitative estimate of drug-likeness (QED) is 0.246. The van der Waals surface area contributed by atoms with Crippen molar-refractivity contribution in [2.24, 2.45) is 0 Å². The van der Waals surface area contributed by atoms with Gasteiger partial charge in [0.15, 0.2) is 0 Å². The summed E-state index contributed by atoms with van der Waals surface area (Å²) in [4.78, 5) is 6.96. The van der Waals surface area contributed by atoms with Crippen molar-refractivity contribution >= 4 is 28.0 Å². The maximum Gasteiger partial charge on any atom is 0.0702 e. The smallest absolute Gasteiger partial charge is 0.0702 e. The lowest BCUT2D eigenvalue weighted by molar-refractivity contribution is 1.27. The highest BCUT2D eigenvalue weighted by atomic mass is 15.1. The first-order valence-corrected chi connectivity index (χ1v) is 12.6. The van der Waals surface area contributed by atoms with Gasteiger partial charge in [-0.25, -0.2) is 0 Å². The molecule has 0 bridgehead atoms. The molecule has 0 fully saturated rings. The van der Waals surface area contributed by atoms with E-state index in [1.54, 1.807) is 0 Å². The molecule has 0 saturated carbocycles. The summed E-state index contributed by atoms with van der Waals surface area (Å²) in [6, 6.07) is 45.4. The number of anilines is 3. The van der Waals surface area contributed by atoms with Gasteiger partial charge in [0.25, 0.3) is 0 Å². The number of aryl methyl sites for hydroxylation is 2. The van der Waals surface area contributed by atoms with Crippen LogP contribution in [-0.4, -0.2) is 4.98 Å². The van der Waals surface area contributed by atoms with Gasteiger partial charge in [0.1, 0.15) is 0 Å². The van der Waals surface area contributed by atoms with E-state index < -0.39 is 0 Å². The molecule has 0 unspecified atom stereocenters. The summed E-state index contributed by atoms with van der Waals surface area (Å²) in [5.41, 5.74) is 11.6. The van der Waals surface area contributed by atoms with Crippen LogP contribution >= 0.6 is 0 Å². The second kappa shape index (κ2) is 9.75. The zero-order chi connectivity index (χ0) is 25.2. The Morgan fingerprint density at radius 1 is 0.459 bits per heavy atom. The summed E-state index contributed by atoms with van der Waals surface area (Å²) in [6.45, 7) is 4.24. The number of hydrogen-bond donors (Lipinski definition) is 0. The molecule has 0 amide bonds. The molecule has 37 heavy (non-hydrogen) atoms. The number of hydrogen-bond acceptors (Lipinski definition) is 2. The normalized spacial score (nSPS) is 11.0. The molecular formula is C35H28N2. The number of pyridine rings is 1. The average Bonchev–Trinajstić information content (AvgIpc) is 2.95. The van der Waals surface area contributed by atoms with Crippen molar-refractivity contribution < 1.29 is 0 Å². The highest BCUT2D eigenvalue weighted by Crippen LogP contribution is 2.36. The van der Waals surface area contributed by atoms with Crippen LogP contribution < -0.4 is 4.90 Å². The van der Waals surface area contributed by atoms with Crippen LogP contribution in [0.1, 0.15) is 11.1 Å². The van der Waals surface area contributed by atoms with Crippen LogP contribution in [0.15, 0.2) is 134 Å². The highest BCUT2D eigenvalue weighted by Gasteiger charge is 2.13. The summed E-state index contributed by atoms with van der Waals surface area (Å²) in [5.74, 6) is 0. The van der Waals surface area contributed by atoms with Gasteiger partial charge in [0.05, 0.1) is 5.52 Å². The third kappa shape index (κ3) is 4.74. The lowest BCUT2D eigenvalue weighted by Gasteiger charge is -2.26. The first-order chi connectivity index (χ1) is 18.1. The van der Waals surface area contributed by atoms with Gasteiger partial charge < -0.3 is 4.90 Å². The molecular weight excluding hydrogens is 448 g/mol. The van der Waals surface area contributed by atoms with Crippen molar-refractivity contribution in [1.29, 1.82) is 0 Å². The maximum absolute atomic E-state index is 4.65. The fourth-order valence-corrected chi connectivity index (χ4v) is 4.75. The first-order valence-electron chi connectivity index (χ1n) is 12.6. The van der Waals surface area contributed by atoms with E-state index >= 15 is 0 Å². The molecule has 6 aromatic rings. The minimum atomic E-state index is 1.02. The van der Waals surface area contributed by atoms with Gasteiger partial charge in [0.2, 0.25) is 0 Å². The summed E-state index contributed by atoms with van der Waals surface area (Å²) in [5, 5.41) is 1.15. The molecule has 0 aliphatic heterocycles. The van der Waals surface area contributed by atoms with Gasteiger partial charge in [-0.05, 0) is 85.1 Å². The van der Waals surface area contributed by atoms with Crippen molar-refractivity contribution in [2.45, 2.75) is 13.8 Å². The number of para-hydroxylation sites is 1. The van der Waals surface area contributed by atoms with Crippen LogP contribution in [0.4, 0.5) is 17.1 Å². The molecule has 0 spiro atoms. The molecule has 0 saturated heterocycles. The SMILES string of the molecule is Cc1ccc(N(c2ccc(C)cc2)c2ccc(-c3cccc(-c4cnc5ccccc5c4)c3)cc2)cc1. The molecule has 1 heterocycles. The van der Waals surface area contributed by atoms with Gasteiger partial charge >= 0.3 is 0 Å². The second-order valence-corrected chi connectivity index (χ2v) is 9.55. The van der Waals surface area contributed by atoms with Gasteiger partial charge in [0, 0.05) is 34.2 Å². The lowest BCUT2D eigenvalue weighted by Crippen LogP contribution is -2.09. The van der Waals surface area contributed by atoms with E-state index in [0.717, 1.165) is 33.5 Å². The Kier molecular flexibility index (Phi) is 6.00. The molecule has 2 nitrogen and oxygen atoms in total. The molecule has 0 aliphatic carbocycles. The van der Waals surface area contributed by atoms with Crippen molar-refractivity contribution in [3.63, 3.8) is 0 Å². The molecule has 178 valence electrons. The summed E-state index contributed by atoms with van der Waals surface area (Å²) >= 11 is 0. The lowest BCUT2D eigenvalue weighted by atomic mass is 9.99. The van der Waals surface area contributed by atoms with Crippen molar-refractivity contribution in [1.82, 2.24) is 4.98 Å². The predicted molar refractivity (Wildman–Crippen MR) is 157 cm³/mol. The minimum absolute atomic E-state index is 1.02. The number of rotatable bonds is 5. The summed E-state index contributed by atoms with van der Waals surface area (Å²) in [6.07, 6.45) is 1.96. The minimum Gasteiger partial charge on any atom is -0.311 e. The molecule has 0 atom stereocenters. The maximum atomic E-state index is 4.65. The number of benzene rings is 5. The third-order valence-corrected chi connectivity index (χ3v) is 6.83. The van der Waals surface area contributed by atoms with Gasteiger partial charge in [-0.1, -0.05) is 83.9 Å². The van der Waals surface area contributed by atoms with Crippen molar-refractivity contribution in [2.75, 3.05) is 4.90 Å². The zero-order valence-electron chi connectivity index (χ0n) is 21.1. The number of fused-ring (bicyclic) bond motifs is 1. The first kappa shape index (κ1) is 22.8. The number of aromatic nitrogens is 1. The second-order valence-electron chi connectivity index (χ2n) is 9.55. The van der Waals surface area contributed by atoms with Crippen LogP contribution in [0.5, 0.6) is 0 Å². The largest absolute Gasteiger partial charge is 0.311 e. The Hall–Kier alpha value is -4.69. The molecule has 0 radical (unpaired) electrons. The summed E-state index contributed by atoms with van der Waals surface area (Å²) in [7, 11) is 0. The van der Waals surface area contributed by atoms with Crippen LogP contribution in [0, 0.1) is 13.8 Å². The Balaban J connectivity index is 1.35. The van der Waals surface area contributed by atoms with E-state index in [1.165, 1.54) is 27.8 Å². The molecule has 5 aromatic carbocycles. The topological polar surface area (TPSA) is 16.1 Å². The average molecular weight is 477 g/mol. The van der Waals surface area contributed by atoms with Crippen LogP contribution in [0.2, 0.25) is 0 Å². The van der Waals surface area contributed by atoms with E-state index in [-0.39, 0.29) is 0 Å². The van der Waals surface area contributed by atoms with E-state index in [9.17, 15) is 0 Å². The molecule has 0 aliphatic rings. The Morgan fingerprint density at radius 2 is 1.00 bits per heavy atom. The van der Waals surface area contributed by atoms with Crippen molar-refractivity contribution in [3.05, 3.63) is 145 Å². The van der Waals surface area contributed by atoms with Crippen LogP contribution in [0.25, 0.3) is 33.2 Å². The van der Waals surface area contributed by atoms with Gasteiger partial charge in [-0.2, -0.15) is 0 Å². The van der Waals surface area contributed by atoms with Gasteiger partial charge in [-0.3, -0.25) is 4.98 Å². The van der Waals surface area contributed by atoms with E-state index in [4.69, 9.17) is 0 Å². The van der Waals surface area contributed by atoms with Crippen LogP contribution in [0.3, 0.4) is 0 Å². The van der Waals surface area contributed by atoms with Gasteiger partial charge in [-0.15, -0.1) is 0 Å². The molecule has 6 rings (SSSR count). The Labute approximate surface area is 218 Å². The fourth-order valence-electron chi connectivity index (χ4n) is 4.75. The van der Waals surface area contributed by atoms with Crippen molar-refractivity contribution in [3.8, 4) is 22.3 Å². The monoisotopic (exact) mass is 476 g/mol. The Bertz CT molecular complexity index is 1620. The summed E-state index contributed by atoms with van der Waals surface area (Å²) < 4.78 is 0. The highest BCUT2D eigenvalue weighted by molar-refractivity contribution is 5.85. The molecule has 0 N–H and O–H groups in total.